The van der Waals surface area contributed by atoms with Crippen LogP contribution in [0.4, 0.5) is 8.78 Å². The van der Waals surface area contributed by atoms with Crippen LogP contribution in [0.25, 0.3) is 0 Å². The SMILES string of the molecule is CC(C)N1CCC(N2CCN(Cc3ccc(F)cc3F)CC2CCO)CC1. The Morgan fingerprint density at radius 2 is 1.85 bits per heavy atom. The zero-order valence-corrected chi connectivity index (χ0v) is 16.6. The van der Waals surface area contributed by atoms with Gasteiger partial charge in [0.05, 0.1) is 0 Å². The molecule has 0 amide bonds. The van der Waals surface area contributed by atoms with E-state index in [1.165, 1.54) is 18.9 Å². The molecule has 0 aliphatic carbocycles. The molecule has 1 atom stereocenters. The van der Waals surface area contributed by atoms with Crippen LogP contribution in [0.2, 0.25) is 0 Å². The highest BCUT2D eigenvalue weighted by Gasteiger charge is 2.34. The van der Waals surface area contributed by atoms with Crippen LogP contribution in [0, 0.1) is 11.6 Å². The molecule has 2 fully saturated rings. The Hall–Kier alpha value is -1.08. The van der Waals surface area contributed by atoms with Gasteiger partial charge >= 0.3 is 0 Å². The van der Waals surface area contributed by atoms with Crippen molar-refractivity contribution in [3.8, 4) is 0 Å². The molecule has 1 aromatic carbocycles. The van der Waals surface area contributed by atoms with Crippen LogP contribution in [0.5, 0.6) is 0 Å². The second-order valence-corrected chi connectivity index (χ2v) is 8.24. The van der Waals surface area contributed by atoms with Gasteiger partial charge in [-0.05, 0) is 52.3 Å². The Bertz CT molecular complexity index is 605. The lowest BCUT2D eigenvalue weighted by atomic mass is 9.97. The van der Waals surface area contributed by atoms with E-state index in [0.717, 1.165) is 45.2 Å². The molecule has 0 radical (unpaired) electrons. The maximum atomic E-state index is 14.0. The van der Waals surface area contributed by atoms with Crippen molar-refractivity contribution < 1.29 is 13.9 Å². The quantitative estimate of drug-likeness (QED) is 0.821. The van der Waals surface area contributed by atoms with Crippen molar-refractivity contribution in [3.63, 3.8) is 0 Å². The van der Waals surface area contributed by atoms with Gasteiger partial charge in [0.2, 0.25) is 0 Å². The Labute approximate surface area is 161 Å². The van der Waals surface area contributed by atoms with E-state index >= 15 is 0 Å². The highest BCUT2D eigenvalue weighted by molar-refractivity contribution is 5.18. The van der Waals surface area contributed by atoms with Crippen molar-refractivity contribution in [3.05, 3.63) is 35.4 Å². The first kappa shape index (κ1) is 20.6. The minimum atomic E-state index is -0.535. The van der Waals surface area contributed by atoms with E-state index in [1.54, 1.807) is 6.07 Å². The number of halogens is 2. The van der Waals surface area contributed by atoms with Crippen molar-refractivity contribution in [1.82, 2.24) is 14.7 Å². The number of aliphatic hydroxyl groups excluding tert-OH is 1. The summed E-state index contributed by atoms with van der Waals surface area (Å²) in [5.41, 5.74) is 0.540. The molecule has 2 aliphatic heterocycles. The number of rotatable bonds is 6. The number of aliphatic hydroxyl groups is 1. The number of hydrogen-bond acceptors (Lipinski definition) is 4. The van der Waals surface area contributed by atoms with Gasteiger partial charge in [-0.1, -0.05) is 6.07 Å². The molecule has 3 rings (SSSR count). The molecule has 1 unspecified atom stereocenters. The Morgan fingerprint density at radius 3 is 2.48 bits per heavy atom. The molecule has 0 bridgehead atoms. The summed E-state index contributed by atoms with van der Waals surface area (Å²) in [4.78, 5) is 7.34. The van der Waals surface area contributed by atoms with Crippen molar-refractivity contribution >= 4 is 0 Å². The predicted octanol–water partition coefficient (Wildman–Crippen LogP) is 2.71. The van der Waals surface area contributed by atoms with E-state index in [1.807, 2.05) is 0 Å². The normalized spacial score (nSPS) is 24.0. The van der Waals surface area contributed by atoms with Crippen LogP contribution in [-0.2, 0) is 6.54 Å². The Kier molecular flexibility index (Phi) is 7.20. The largest absolute Gasteiger partial charge is 0.396 e. The molecule has 152 valence electrons. The lowest BCUT2D eigenvalue weighted by Crippen LogP contribution is -2.58. The van der Waals surface area contributed by atoms with Gasteiger partial charge in [-0.15, -0.1) is 0 Å². The summed E-state index contributed by atoms with van der Waals surface area (Å²) in [7, 11) is 0. The molecular formula is C21H33F2N3O. The number of piperidine rings is 1. The molecule has 0 spiro atoms. The second kappa shape index (κ2) is 9.41. The molecule has 6 heteroatoms. The van der Waals surface area contributed by atoms with Crippen molar-refractivity contribution in [1.29, 1.82) is 0 Å². The van der Waals surface area contributed by atoms with E-state index in [-0.39, 0.29) is 6.61 Å². The fourth-order valence-corrected chi connectivity index (χ4v) is 4.59. The Morgan fingerprint density at radius 1 is 1.11 bits per heavy atom. The predicted molar refractivity (Wildman–Crippen MR) is 104 cm³/mol. The second-order valence-electron chi connectivity index (χ2n) is 8.24. The third-order valence-corrected chi connectivity index (χ3v) is 6.18. The molecule has 2 heterocycles. The van der Waals surface area contributed by atoms with Crippen molar-refractivity contribution in [2.45, 2.75) is 57.8 Å². The molecular weight excluding hydrogens is 348 g/mol. The van der Waals surface area contributed by atoms with Gasteiger partial charge in [-0.3, -0.25) is 9.80 Å². The molecule has 1 N–H and O–H groups in total. The Balaban J connectivity index is 1.60. The topological polar surface area (TPSA) is 30.0 Å². The van der Waals surface area contributed by atoms with E-state index in [2.05, 4.69) is 28.5 Å². The molecule has 1 aromatic rings. The maximum Gasteiger partial charge on any atom is 0.130 e. The fourth-order valence-electron chi connectivity index (χ4n) is 4.59. The van der Waals surface area contributed by atoms with E-state index in [0.29, 0.717) is 30.2 Å². The molecule has 2 saturated heterocycles. The van der Waals surface area contributed by atoms with Gasteiger partial charge in [0, 0.05) is 62.5 Å². The average molecular weight is 382 g/mol. The number of hydrogen-bond donors (Lipinski definition) is 1. The van der Waals surface area contributed by atoms with Crippen LogP contribution < -0.4 is 0 Å². The number of piperazine rings is 1. The van der Waals surface area contributed by atoms with Gasteiger partial charge in [0.25, 0.3) is 0 Å². The van der Waals surface area contributed by atoms with Crippen molar-refractivity contribution in [2.75, 3.05) is 39.3 Å². The monoisotopic (exact) mass is 381 g/mol. The summed E-state index contributed by atoms with van der Waals surface area (Å²) >= 11 is 0. The minimum absolute atomic E-state index is 0.171. The number of benzene rings is 1. The average Bonchev–Trinajstić information content (AvgIpc) is 2.65. The van der Waals surface area contributed by atoms with Gasteiger partial charge in [-0.25, -0.2) is 8.78 Å². The molecule has 27 heavy (non-hydrogen) atoms. The van der Waals surface area contributed by atoms with Crippen LogP contribution in [0.15, 0.2) is 18.2 Å². The molecule has 0 aromatic heterocycles. The van der Waals surface area contributed by atoms with E-state index in [9.17, 15) is 13.9 Å². The maximum absolute atomic E-state index is 14.0. The van der Waals surface area contributed by atoms with E-state index in [4.69, 9.17) is 0 Å². The minimum Gasteiger partial charge on any atom is -0.396 e. The summed E-state index contributed by atoms with van der Waals surface area (Å²) in [6.07, 6.45) is 3.09. The summed E-state index contributed by atoms with van der Waals surface area (Å²) in [6, 6.07) is 5.28. The zero-order chi connectivity index (χ0) is 19.4. The van der Waals surface area contributed by atoms with Crippen LogP contribution in [-0.4, -0.2) is 77.3 Å². The van der Waals surface area contributed by atoms with Crippen LogP contribution >= 0.6 is 0 Å². The van der Waals surface area contributed by atoms with Crippen LogP contribution in [0.3, 0.4) is 0 Å². The lowest BCUT2D eigenvalue weighted by molar-refractivity contribution is -0.000294. The molecule has 2 aliphatic rings. The van der Waals surface area contributed by atoms with Crippen LogP contribution in [0.1, 0.15) is 38.7 Å². The summed E-state index contributed by atoms with van der Waals surface area (Å²) in [5.74, 6) is -1.01. The van der Waals surface area contributed by atoms with Gasteiger partial charge in [0.1, 0.15) is 11.6 Å². The van der Waals surface area contributed by atoms with E-state index < -0.39 is 11.6 Å². The highest BCUT2D eigenvalue weighted by Crippen LogP contribution is 2.25. The first-order valence-electron chi connectivity index (χ1n) is 10.2. The fraction of sp³-hybridized carbons (Fsp3) is 0.714. The van der Waals surface area contributed by atoms with Gasteiger partial charge in [0.15, 0.2) is 0 Å². The number of likely N-dealkylation sites (tertiary alicyclic amines) is 1. The molecule has 0 saturated carbocycles. The smallest absolute Gasteiger partial charge is 0.130 e. The van der Waals surface area contributed by atoms with Crippen molar-refractivity contribution in [2.24, 2.45) is 0 Å². The zero-order valence-electron chi connectivity index (χ0n) is 16.6. The standard InChI is InChI=1S/C21H33F2N3O/c1-16(2)25-8-5-19(6-9-25)26-11-10-24(15-20(26)7-12-27)14-17-3-4-18(22)13-21(17)23/h3-4,13,16,19-20,27H,5-12,14-15H2,1-2H3. The third kappa shape index (κ3) is 5.25. The molecule has 4 nitrogen and oxygen atoms in total. The lowest BCUT2D eigenvalue weighted by Gasteiger charge is -2.48. The number of nitrogens with zero attached hydrogens (tertiary/aromatic N) is 3. The summed E-state index contributed by atoms with van der Waals surface area (Å²) < 4.78 is 27.1. The first-order valence-corrected chi connectivity index (χ1v) is 10.2. The van der Waals surface area contributed by atoms with Gasteiger partial charge < -0.3 is 10.0 Å². The third-order valence-electron chi connectivity index (χ3n) is 6.18. The first-order chi connectivity index (χ1) is 13.0. The summed E-state index contributed by atoms with van der Waals surface area (Å²) in [6.45, 7) is 10.1. The van der Waals surface area contributed by atoms with Gasteiger partial charge in [-0.2, -0.15) is 0 Å². The summed E-state index contributed by atoms with van der Waals surface area (Å²) in [5, 5.41) is 9.55. The highest BCUT2D eigenvalue weighted by atomic mass is 19.1.